The zero-order chi connectivity index (χ0) is 20.5. The normalized spacial score (nSPS) is 10.6. The molecule has 2 aromatic carbocycles. The Hall–Kier alpha value is -3.35. The number of benzene rings is 2. The summed E-state index contributed by atoms with van der Waals surface area (Å²) >= 11 is 0. The van der Waals surface area contributed by atoms with Crippen LogP contribution < -0.4 is 14.8 Å². The van der Waals surface area contributed by atoms with Gasteiger partial charge < -0.3 is 14.8 Å². The lowest BCUT2D eigenvalue weighted by Crippen LogP contribution is -2.22. The molecule has 0 saturated carbocycles. The van der Waals surface area contributed by atoms with Crippen LogP contribution in [-0.2, 0) is 6.54 Å². The molecule has 0 unspecified atom stereocenters. The maximum absolute atomic E-state index is 12.6. The summed E-state index contributed by atoms with van der Waals surface area (Å²) in [5.41, 5.74) is 2.45. The van der Waals surface area contributed by atoms with Gasteiger partial charge in [-0.2, -0.15) is 5.10 Å². The molecule has 3 aromatic rings. The molecule has 3 rings (SSSR count). The van der Waals surface area contributed by atoms with E-state index in [-0.39, 0.29) is 5.91 Å². The molecule has 0 spiro atoms. The molecule has 0 atom stereocenters. The molecule has 0 saturated heterocycles. The third kappa shape index (κ3) is 5.57. The van der Waals surface area contributed by atoms with Crippen molar-refractivity contribution >= 4 is 5.91 Å². The SMILES string of the molecule is CCCOc1ccc(C(=O)NCc2ccc(-n3cncn3)cc2)cc1OCCC. The first kappa shape index (κ1) is 20.4. The quantitative estimate of drug-likeness (QED) is 0.566. The molecule has 0 aliphatic carbocycles. The van der Waals surface area contributed by atoms with Crippen LogP contribution in [0.1, 0.15) is 42.6 Å². The average molecular weight is 394 g/mol. The van der Waals surface area contributed by atoms with Crippen molar-refractivity contribution in [1.82, 2.24) is 20.1 Å². The topological polar surface area (TPSA) is 78.3 Å². The van der Waals surface area contributed by atoms with Crippen molar-refractivity contribution in [1.29, 1.82) is 0 Å². The van der Waals surface area contributed by atoms with E-state index in [2.05, 4.69) is 15.4 Å². The molecule has 1 amide bonds. The average Bonchev–Trinajstić information content (AvgIpc) is 3.30. The number of nitrogens with one attached hydrogen (secondary N) is 1. The van der Waals surface area contributed by atoms with Gasteiger partial charge >= 0.3 is 0 Å². The van der Waals surface area contributed by atoms with Crippen molar-refractivity contribution in [2.24, 2.45) is 0 Å². The maximum atomic E-state index is 12.6. The number of ether oxygens (including phenoxy) is 2. The number of carbonyl (C=O) groups excluding carboxylic acids is 1. The van der Waals surface area contributed by atoms with Crippen LogP contribution >= 0.6 is 0 Å². The summed E-state index contributed by atoms with van der Waals surface area (Å²) in [6.45, 7) is 5.70. The number of aromatic nitrogens is 3. The van der Waals surface area contributed by atoms with E-state index < -0.39 is 0 Å². The third-order valence-electron chi connectivity index (χ3n) is 4.20. The summed E-state index contributed by atoms with van der Waals surface area (Å²) in [5, 5.41) is 7.04. The van der Waals surface area contributed by atoms with E-state index in [1.165, 1.54) is 6.33 Å². The van der Waals surface area contributed by atoms with Crippen LogP contribution in [0.2, 0.25) is 0 Å². The minimum absolute atomic E-state index is 0.159. The fourth-order valence-electron chi connectivity index (χ4n) is 2.70. The number of rotatable bonds is 10. The summed E-state index contributed by atoms with van der Waals surface area (Å²) in [5.74, 6) is 1.11. The molecule has 1 aromatic heterocycles. The number of carbonyl (C=O) groups is 1. The Labute approximate surface area is 170 Å². The Bertz CT molecular complexity index is 908. The van der Waals surface area contributed by atoms with E-state index in [0.717, 1.165) is 24.1 Å². The Kier molecular flexibility index (Phi) is 7.22. The van der Waals surface area contributed by atoms with Crippen molar-refractivity contribution in [3.63, 3.8) is 0 Å². The molecule has 7 nitrogen and oxygen atoms in total. The van der Waals surface area contributed by atoms with Gasteiger partial charge in [0.25, 0.3) is 5.91 Å². The molecule has 1 heterocycles. The summed E-state index contributed by atoms with van der Waals surface area (Å²) < 4.78 is 13.2. The second-order valence-corrected chi connectivity index (χ2v) is 6.55. The van der Waals surface area contributed by atoms with Gasteiger partial charge in [-0.25, -0.2) is 9.67 Å². The van der Waals surface area contributed by atoms with Gasteiger partial charge in [0.2, 0.25) is 0 Å². The molecule has 1 N–H and O–H groups in total. The third-order valence-corrected chi connectivity index (χ3v) is 4.20. The summed E-state index contributed by atoms with van der Waals surface area (Å²) in [7, 11) is 0. The predicted molar refractivity (Wildman–Crippen MR) is 111 cm³/mol. The number of amides is 1. The van der Waals surface area contributed by atoms with Gasteiger partial charge in [0.15, 0.2) is 11.5 Å². The van der Waals surface area contributed by atoms with Gasteiger partial charge in [0.05, 0.1) is 18.9 Å². The zero-order valence-electron chi connectivity index (χ0n) is 16.8. The Morgan fingerprint density at radius 3 is 2.38 bits per heavy atom. The first-order chi connectivity index (χ1) is 14.2. The summed E-state index contributed by atoms with van der Waals surface area (Å²) in [4.78, 5) is 16.5. The van der Waals surface area contributed by atoms with Crippen molar-refractivity contribution in [2.45, 2.75) is 33.2 Å². The second kappa shape index (κ2) is 10.3. The van der Waals surface area contributed by atoms with Gasteiger partial charge in [-0.1, -0.05) is 26.0 Å². The van der Waals surface area contributed by atoms with E-state index in [0.29, 0.717) is 36.8 Å². The van der Waals surface area contributed by atoms with E-state index >= 15 is 0 Å². The van der Waals surface area contributed by atoms with Crippen LogP contribution in [0, 0.1) is 0 Å². The molecular weight excluding hydrogens is 368 g/mol. The lowest BCUT2D eigenvalue weighted by Gasteiger charge is -2.13. The smallest absolute Gasteiger partial charge is 0.251 e. The molecule has 0 bridgehead atoms. The largest absolute Gasteiger partial charge is 0.490 e. The Balaban J connectivity index is 1.63. The van der Waals surface area contributed by atoms with E-state index in [9.17, 15) is 4.79 Å². The van der Waals surface area contributed by atoms with Crippen LogP contribution in [0.15, 0.2) is 55.1 Å². The highest BCUT2D eigenvalue weighted by Crippen LogP contribution is 2.29. The second-order valence-electron chi connectivity index (χ2n) is 6.55. The first-order valence-electron chi connectivity index (χ1n) is 9.83. The lowest BCUT2D eigenvalue weighted by molar-refractivity contribution is 0.0950. The van der Waals surface area contributed by atoms with Crippen molar-refractivity contribution in [3.05, 3.63) is 66.2 Å². The van der Waals surface area contributed by atoms with Crippen LogP contribution in [0.25, 0.3) is 5.69 Å². The first-order valence-corrected chi connectivity index (χ1v) is 9.83. The maximum Gasteiger partial charge on any atom is 0.251 e. The number of hydrogen-bond acceptors (Lipinski definition) is 5. The van der Waals surface area contributed by atoms with Crippen molar-refractivity contribution < 1.29 is 14.3 Å². The highest BCUT2D eigenvalue weighted by Gasteiger charge is 2.12. The molecule has 152 valence electrons. The fourth-order valence-corrected chi connectivity index (χ4v) is 2.70. The van der Waals surface area contributed by atoms with Gasteiger partial charge in [0, 0.05) is 12.1 Å². The van der Waals surface area contributed by atoms with Crippen LogP contribution in [0.4, 0.5) is 0 Å². The number of nitrogens with zero attached hydrogens (tertiary/aromatic N) is 3. The molecular formula is C22H26N4O3. The minimum Gasteiger partial charge on any atom is -0.490 e. The Morgan fingerprint density at radius 1 is 1.00 bits per heavy atom. The van der Waals surface area contributed by atoms with Gasteiger partial charge in [-0.3, -0.25) is 4.79 Å². The molecule has 0 aliphatic rings. The number of hydrogen-bond donors (Lipinski definition) is 1. The van der Waals surface area contributed by atoms with Crippen LogP contribution in [0.3, 0.4) is 0 Å². The molecule has 0 aliphatic heterocycles. The van der Waals surface area contributed by atoms with Crippen molar-refractivity contribution in [3.8, 4) is 17.2 Å². The molecule has 0 radical (unpaired) electrons. The van der Waals surface area contributed by atoms with E-state index in [1.54, 1.807) is 29.2 Å². The van der Waals surface area contributed by atoms with E-state index in [4.69, 9.17) is 9.47 Å². The van der Waals surface area contributed by atoms with Gasteiger partial charge in [-0.15, -0.1) is 0 Å². The molecule has 0 fully saturated rings. The van der Waals surface area contributed by atoms with Gasteiger partial charge in [0.1, 0.15) is 12.7 Å². The zero-order valence-corrected chi connectivity index (χ0v) is 16.8. The monoisotopic (exact) mass is 394 g/mol. The summed E-state index contributed by atoms with van der Waals surface area (Å²) in [6.07, 6.45) is 4.92. The minimum atomic E-state index is -0.159. The highest BCUT2D eigenvalue weighted by molar-refractivity contribution is 5.94. The van der Waals surface area contributed by atoms with Crippen molar-refractivity contribution in [2.75, 3.05) is 13.2 Å². The van der Waals surface area contributed by atoms with E-state index in [1.807, 2.05) is 38.1 Å². The summed E-state index contributed by atoms with van der Waals surface area (Å²) in [6, 6.07) is 13.1. The van der Waals surface area contributed by atoms with Gasteiger partial charge in [-0.05, 0) is 48.7 Å². The predicted octanol–water partition coefficient (Wildman–Crippen LogP) is 3.77. The fraction of sp³-hybridized carbons (Fsp3) is 0.318. The Morgan fingerprint density at radius 2 is 1.72 bits per heavy atom. The highest BCUT2D eigenvalue weighted by atomic mass is 16.5. The standard InChI is InChI=1S/C22H26N4O3/c1-3-11-28-20-10-7-18(13-21(20)29-12-4-2)22(27)24-14-17-5-8-19(9-6-17)26-16-23-15-25-26/h5-10,13,15-16H,3-4,11-12,14H2,1-2H3,(H,24,27). The van der Waals surface area contributed by atoms with Crippen LogP contribution in [-0.4, -0.2) is 33.9 Å². The molecule has 29 heavy (non-hydrogen) atoms. The lowest BCUT2D eigenvalue weighted by atomic mass is 10.1. The molecule has 7 heteroatoms. The van der Waals surface area contributed by atoms with Crippen LogP contribution in [0.5, 0.6) is 11.5 Å².